The third-order valence-electron chi connectivity index (χ3n) is 3.97. The van der Waals surface area contributed by atoms with Crippen LogP contribution in [-0.4, -0.2) is 15.0 Å². The molecule has 0 unspecified atom stereocenters. The monoisotopic (exact) mass is 286 g/mol. The van der Waals surface area contributed by atoms with Gasteiger partial charge in [-0.3, -0.25) is 0 Å². The van der Waals surface area contributed by atoms with Gasteiger partial charge in [0.2, 0.25) is 5.95 Å². The Kier molecular flexibility index (Phi) is 4.08. The van der Waals surface area contributed by atoms with Crippen molar-refractivity contribution in [2.75, 3.05) is 5.73 Å². The van der Waals surface area contributed by atoms with Crippen LogP contribution in [0.5, 0.6) is 0 Å². The van der Waals surface area contributed by atoms with Crippen LogP contribution in [0.25, 0.3) is 11.4 Å². The molecule has 5 heteroatoms. The molecule has 1 fully saturated rings. The van der Waals surface area contributed by atoms with E-state index in [9.17, 15) is 4.39 Å². The molecule has 2 N–H and O–H groups in total. The molecule has 0 saturated heterocycles. The average Bonchev–Trinajstić information content (AvgIpc) is 2.76. The lowest BCUT2D eigenvalue weighted by Gasteiger charge is -2.13. The van der Waals surface area contributed by atoms with Crippen LogP contribution in [-0.2, 0) is 0 Å². The van der Waals surface area contributed by atoms with E-state index in [1.807, 2.05) is 0 Å². The third-order valence-corrected chi connectivity index (χ3v) is 3.97. The van der Waals surface area contributed by atoms with Crippen molar-refractivity contribution in [3.8, 4) is 11.4 Å². The minimum Gasteiger partial charge on any atom is -0.368 e. The predicted octanol–water partition coefficient (Wildman–Crippen LogP) is 3.70. The average molecular weight is 286 g/mol. The zero-order chi connectivity index (χ0) is 14.7. The van der Waals surface area contributed by atoms with Crippen molar-refractivity contribution in [1.82, 2.24) is 15.0 Å². The largest absolute Gasteiger partial charge is 0.368 e. The molecular formula is C16H19FN4. The molecule has 4 nitrogen and oxygen atoms in total. The zero-order valence-electron chi connectivity index (χ0n) is 11.9. The molecular weight excluding hydrogens is 267 g/mol. The Morgan fingerprint density at radius 1 is 1.00 bits per heavy atom. The van der Waals surface area contributed by atoms with Crippen LogP contribution in [0, 0.1) is 5.82 Å². The highest BCUT2D eigenvalue weighted by Crippen LogP contribution is 2.30. The summed E-state index contributed by atoms with van der Waals surface area (Å²) in [7, 11) is 0. The van der Waals surface area contributed by atoms with Crippen LogP contribution in [0.4, 0.5) is 10.3 Å². The molecule has 0 amide bonds. The SMILES string of the molecule is Nc1nc(-c2cccc(F)c2)nc(C2CCCCCC2)n1. The first-order valence-electron chi connectivity index (χ1n) is 7.50. The van der Waals surface area contributed by atoms with Crippen molar-refractivity contribution >= 4 is 5.95 Å². The maximum absolute atomic E-state index is 13.4. The van der Waals surface area contributed by atoms with Crippen LogP contribution >= 0.6 is 0 Å². The van der Waals surface area contributed by atoms with Gasteiger partial charge in [-0.1, -0.05) is 37.8 Å². The van der Waals surface area contributed by atoms with E-state index in [2.05, 4.69) is 15.0 Å². The minimum atomic E-state index is -0.303. The standard InChI is InChI=1S/C16H19FN4/c17-13-9-5-8-12(10-13)15-19-14(20-16(18)21-15)11-6-3-1-2-4-7-11/h5,8-11H,1-4,6-7H2,(H2,18,19,20,21). The van der Waals surface area contributed by atoms with Gasteiger partial charge in [0.05, 0.1) is 0 Å². The van der Waals surface area contributed by atoms with E-state index in [1.165, 1.54) is 37.8 Å². The van der Waals surface area contributed by atoms with Crippen molar-refractivity contribution in [3.63, 3.8) is 0 Å². The number of nitrogen functional groups attached to an aromatic ring is 1. The number of halogens is 1. The lowest BCUT2D eigenvalue weighted by atomic mass is 9.99. The Hall–Kier alpha value is -2.04. The summed E-state index contributed by atoms with van der Waals surface area (Å²) in [5, 5.41) is 0. The molecule has 1 aliphatic rings. The second kappa shape index (κ2) is 6.16. The molecule has 0 bridgehead atoms. The van der Waals surface area contributed by atoms with Crippen LogP contribution in [0.1, 0.15) is 50.3 Å². The molecule has 0 spiro atoms. The molecule has 1 saturated carbocycles. The van der Waals surface area contributed by atoms with E-state index in [1.54, 1.807) is 12.1 Å². The lowest BCUT2D eigenvalue weighted by Crippen LogP contribution is -2.09. The first-order chi connectivity index (χ1) is 10.2. The van der Waals surface area contributed by atoms with E-state index in [-0.39, 0.29) is 11.8 Å². The van der Waals surface area contributed by atoms with E-state index in [4.69, 9.17) is 5.73 Å². The van der Waals surface area contributed by atoms with Gasteiger partial charge in [-0.25, -0.2) is 9.37 Å². The molecule has 0 atom stereocenters. The van der Waals surface area contributed by atoms with Crippen molar-refractivity contribution in [2.45, 2.75) is 44.4 Å². The van der Waals surface area contributed by atoms with Crippen molar-refractivity contribution in [2.24, 2.45) is 0 Å². The van der Waals surface area contributed by atoms with Gasteiger partial charge in [-0.2, -0.15) is 9.97 Å². The number of benzene rings is 1. The van der Waals surface area contributed by atoms with Crippen molar-refractivity contribution in [1.29, 1.82) is 0 Å². The van der Waals surface area contributed by atoms with Gasteiger partial charge in [-0.05, 0) is 25.0 Å². The maximum Gasteiger partial charge on any atom is 0.223 e. The molecule has 0 radical (unpaired) electrons. The number of aromatic nitrogens is 3. The summed E-state index contributed by atoms with van der Waals surface area (Å²) >= 11 is 0. The Morgan fingerprint density at radius 2 is 1.76 bits per heavy atom. The number of nitrogens with zero attached hydrogens (tertiary/aromatic N) is 3. The normalized spacial score (nSPS) is 16.6. The highest BCUT2D eigenvalue weighted by atomic mass is 19.1. The maximum atomic E-state index is 13.4. The summed E-state index contributed by atoms with van der Waals surface area (Å²) < 4.78 is 13.4. The van der Waals surface area contributed by atoms with Gasteiger partial charge >= 0.3 is 0 Å². The van der Waals surface area contributed by atoms with Crippen LogP contribution < -0.4 is 5.73 Å². The second-order valence-electron chi connectivity index (χ2n) is 5.57. The highest BCUT2D eigenvalue weighted by Gasteiger charge is 2.19. The molecule has 1 aromatic heterocycles. The summed E-state index contributed by atoms with van der Waals surface area (Å²) in [6.07, 6.45) is 7.12. The summed E-state index contributed by atoms with van der Waals surface area (Å²) in [6, 6.07) is 6.26. The van der Waals surface area contributed by atoms with E-state index < -0.39 is 0 Å². The molecule has 0 aliphatic heterocycles. The van der Waals surface area contributed by atoms with E-state index >= 15 is 0 Å². The van der Waals surface area contributed by atoms with E-state index in [0.29, 0.717) is 17.3 Å². The molecule has 1 aromatic carbocycles. The fourth-order valence-electron chi connectivity index (χ4n) is 2.89. The van der Waals surface area contributed by atoms with Crippen molar-refractivity contribution < 1.29 is 4.39 Å². The van der Waals surface area contributed by atoms with Gasteiger partial charge in [0.25, 0.3) is 0 Å². The summed E-state index contributed by atoms with van der Waals surface area (Å²) in [4.78, 5) is 13.0. The van der Waals surface area contributed by atoms with Gasteiger partial charge in [0, 0.05) is 11.5 Å². The fourth-order valence-corrected chi connectivity index (χ4v) is 2.89. The Morgan fingerprint density at radius 3 is 2.48 bits per heavy atom. The topological polar surface area (TPSA) is 64.7 Å². The first kappa shape index (κ1) is 13.9. The lowest BCUT2D eigenvalue weighted by molar-refractivity contribution is 0.559. The first-order valence-corrected chi connectivity index (χ1v) is 7.50. The zero-order valence-corrected chi connectivity index (χ0v) is 11.9. The summed E-state index contributed by atoms with van der Waals surface area (Å²) in [6.45, 7) is 0. The molecule has 21 heavy (non-hydrogen) atoms. The molecule has 2 aromatic rings. The van der Waals surface area contributed by atoms with Crippen LogP contribution in [0.2, 0.25) is 0 Å². The summed E-state index contributed by atoms with van der Waals surface area (Å²) in [5.41, 5.74) is 6.46. The van der Waals surface area contributed by atoms with Crippen molar-refractivity contribution in [3.05, 3.63) is 35.9 Å². The highest BCUT2D eigenvalue weighted by molar-refractivity contribution is 5.55. The Labute approximate surface area is 123 Å². The third kappa shape index (κ3) is 3.35. The van der Waals surface area contributed by atoms with Crippen LogP contribution in [0.3, 0.4) is 0 Å². The minimum absolute atomic E-state index is 0.212. The molecule has 110 valence electrons. The smallest absolute Gasteiger partial charge is 0.223 e. The van der Waals surface area contributed by atoms with E-state index in [0.717, 1.165) is 18.7 Å². The number of hydrogen-bond acceptors (Lipinski definition) is 4. The van der Waals surface area contributed by atoms with Gasteiger partial charge in [0.15, 0.2) is 5.82 Å². The number of anilines is 1. The molecule has 3 rings (SSSR count). The molecule has 1 heterocycles. The fraction of sp³-hybridized carbons (Fsp3) is 0.438. The predicted molar refractivity (Wildman–Crippen MR) is 80.1 cm³/mol. The number of rotatable bonds is 2. The van der Waals surface area contributed by atoms with Gasteiger partial charge in [0.1, 0.15) is 11.6 Å². The van der Waals surface area contributed by atoms with Gasteiger partial charge in [-0.15, -0.1) is 0 Å². The van der Waals surface area contributed by atoms with Crippen LogP contribution in [0.15, 0.2) is 24.3 Å². The van der Waals surface area contributed by atoms with Gasteiger partial charge < -0.3 is 5.73 Å². The second-order valence-corrected chi connectivity index (χ2v) is 5.57. The quantitative estimate of drug-likeness (QED) is 0.855. The number of hydrogen-bond donors (Lipinski definition) is 1. The summed E-state index contributed by atoms with van der Waals surface area (Å²) in [5.74, 6) is 1.46. The Bertz CT molecular complexity index is 621. The molecule has 1 aliphatic carbocycles. The number of nitrogens with two attached hydrogens (primary N) is 1. The Balaban J connectivity index is 1.95.